The second-order valence-electron chi connectivity index (χ2n) is 3.42. The lowest BCUT2D eigenvalue weighted by atomic mass is 10.3. The third-order valence-electron chi connectivity index (χ3n) is 2.03. The molecule has 0 spiro atoms. The van der Waals surface area contributed by atoms with E-state index in [1.807, 2.05) is 31.1 Å². The van der Waals surface area contributed by atoms with Crippen molar-refractivity contribution < 1.29 is 0 Å². The van der Waals surface area contributed by atoms with Crippen LogP contribution in [0.1, 0.15) is 5.69 Å². The molecule has 0 saturated carbocycles. The lowest BCUT2D eigenvalue weighted by Crippen LogP contribution is -2.07. The van der Waals surface area contributed by atoms with Crippen LogP contribution >= 0.6 is 11.3 Å². The van der Waals surface area contributed by atoms with Gasteiger partial charge in [-0.05, 0) is 12.1 Å². The van der Waals surface area contributed by atoms with Gasteiger partial charge in [-0.1, -0.05) is 11.3 Å². The van der Waals surface area contributed by atoms with Crippen molar-refractivity contribution in [3.05, 3.63) is 30.2 Å². The number of hydrogen-bond donors (Lipinski definition) is 0. The van der Waals surface area contributed by atoms with Crippen molar-refractivity contribution in [2.75, 3.05) is 19.0 Å². The Morgan fingerprint density at radius 3 is 2.75 bits per heavy atom. The standard InChI is InChI=1S/C11H10N4S/c1-15(2)11-9(6-12)14-10(16-11)8-4-3-5-13-7-8/h3-5,7H,1-2H3. The Labute approximate surface area is 97.8 Å². The molecule has 2 heterocycles. The van der Waals surface area contributed by atoms with Crippen molar-refractivity contribution in [3.8, 4) is 16.6 Å². The highest BCUT2D eigenvalue weighted by Gasteiger charge is 2.13. The molecule has 0 radical (unpaired) electrons. The van der Waals surface area contributed by atoms with Gasteiger partial charge < -0.3 is 4.90 Å². The number of hydrogen-bond acceptors (Lipinski definition) is 5. The number of rotatable bonds is 2. The molecule has 0 atom stereocenters. The van der Waals surface area contributed by atoms with Crippen LogP contribution in [0.4, 0.5) is 5.00 Å². The molecule has 4 nitrogen and oxygen atoms in total. The molecule has 0 unspecified atom stereocenters. The summed E-state index contributed by atoms with van der Waals surface area (Å²) in [5.74, 6) is 0. The van der Waals surface area contributed by atoms with Gasteiger partial charge in [0.15, 0.2) is 5.69 Å². The molecule has 5 heteroatoms. The van der Waals surface area contributed by atoms with Crippen molar-refractivity contribution in [2.45, 2.75) is 0 Å². The molecular formula is C11H10N4S. The van der Waals surface area contributed by atoms with Crippen LogP contribution in [0.2, 0.25) is 0 Å². The van der Waals surface area contributed by atoms with Crippen LogP contribution in [0.25, 0.3) is 10.6 Å². The van der Waals surface area contributed by atoms with Gasteiger partial charge in [0.2, 0.25) is 0 Å². The largest absolute Gasteiger partial charge is 0.367 e. The molecule has 80 valence electrons. The van der Waals surface area contributed by atoms with Gasteiger partial charge in [-0.2, -0.15) is 5.26 Å². The van der Waals surface area contributed by atoms with Crippen LogP contribution in [0.5, 0.6) is 0 Å². The first-order chi connectivity index (χ1) is 7.72. The van der Waals surface area contributed by atoms with Gasteiger partial charge in [0.25, 0.3) is 0 Å². The fourth-order valence-corrected chi connectivity index (χ4v) is 2.23. The zero-order chi connectivity index (χ0) is 11.5. The van der Waals surface area contributed by atoms with E-state index in [4.69, 9.17) is 5.26 Å². The van der Waals surface area contributed by atoms with Crippen LogP contribution in [-0.4, -0.2) is 24.1 Å². The molecule has 0 amide bonds. The number of anilines is 1. The van der Waals surface area contributed by atoms with Crippen LogP contribution in [0, 0.1) is 11.3 Å². The summed E-state index contributed by atoms with van der Waals surface area (Å²) in [5.41, 5.74) is 1.41. The van der Waals surface area contributed by atoms with Gasteiger partial charge in [-0.15, -0.1) is 0 Å². The van der Waals surface area contributed by atoms with E-state index in [1.165, 1.54) is 11.3 Å². The highest BCUT2D eigenvalue weighted by molar-refractivity contribution is 7.19. The molecule has 0 fully saturated rings. The van der Waals surface area contributed by atoms with E-state index in [0.717, 1.165) is 15.6 Å². The lowest BCUT2D eigenvalue weighted by Gasteiger charge is -2.07. The minimum absolute atomic E-state index is 0.467. The number of nitrogens with zero attached hydrogens (tertiary/aromatic N) is 4. The zero-order valence-corrected chi connectivity index (χ0v) is 9.82. The number of nitriles is 1. The maximum Gasteiger partial charge on any atom is 0.175 e. The van der Waals surface area contributed by atoms with Crippen molar-refractivity contribution in [1.82, 2.24) is 9.97 Å². The Morgan fingerprint density at radius 2 is 2.25 bits per heavy atom. The Hall–Kier alpha value is -1.93. The first-order valence-electron chi connectivity index (χ1n) is 4.71. The Balaban J connectivity index is 2.49. The van der Waals surface area contributed by atoms with E-state index in [-0.39, 0.29) is 0 Å². The van der Waals surface area contributed by atoms with Crippen LogP contribution in [0.3, 0.4) is 0 Å². The molecule has 0 saturated heterocycles. The molecule has 0 aliphatic rings. The van der Waals surface area contributed by atoms with E-state index in [2.05, 4.69) is 16.0 Å². The van der Waals surface area contributed by atoms with Crippen LogP contribution < -0.4 is 4.90 Å². The third-order valence-corrected chi connectivity index (χ3v) is 3.30. The topological polar surface area (TPSA) is 52.8 Å². The Kier molecular flexibility index (Phi) is 2.84. The fourth-order valence-electron chi connectivity index (χ4n) is 1.30. The molecule has 2 aromatic heterocycles. The molecule has 2 rings (SSSR count). The van der Waals surface area contributed by atoms with Gasteiger partial charge in [-0.25, -0.2) is 4.98 Å². The van der Waals surface area contributed by atoms with Crippen molar-refractivity contribution in [2.24, 2.45) is 0 Å². The smallest absolute Gasteiger partial charge is 0.175 e. The lowest BCUT2D eigenvalue weighted by molar-refractivity contribution is 1.14. The van der Waals surface area contributed by atoms with Crippen LogP contribution in [0.15, 0.2) is 24.5 Å². The van der Waals surface area contributed by atoms with E-state index in [0.29, 0.717) is 5.69 Å². The van der Waals surface area contributed by atoms with Gasteiger partial charge in [0, 0.05) is 32.1 Å². The number of thiazole rings is 1. The van der Waals surface area contributed by atoms with Gasteiger partial charge >= 0.3 is 0 Å². The van der Waals surface area contributed by atoms with Crippen molar-refractivity contribution in [1.29, 1.82) is 5.26 Å². The predicted molar refractivity (Wildman–Crippen MR) is 64.4 cm³/mol. The highest BCUT2D eigenvalue weighted by atomic mass is 32.1. The van der Waals surface area contributed by atoms with Gasteiger partial charge in [0.1, 0.15) is 16.1 Å². The molecule has 2 aromatic rings. The SMILES string of the molecule is CN(C)c1sc(-c2cccnc2)nc1C#N. The summed E-state index contributed by atoms with van der Waals surface area (Å²) < 4.78 is 0. The van der Waals surface area contributed by atoms with Crippen molar-refractivity contribution in [3.63, 3.8) is 0 Å². The quantitative estimate of drug-likeness (QED) is 0.793. The normalized spacial score (nSPS) is 9.81. The first-order valence-corrected chi connectivity index (χ1v) is 5.52. The average Bonchev–Trinajstić information content (AvgIpc) is 2.74. The average molecular weight is 230 g/mol. The maximum atomic E-state index is 8.98. The summed E-state index contributed by atoms with van der Waals surface area (Å²) in [5, 5.41) is 10.7. The number of pyridine rings is 1. The monoisotopic (exact) mass is 230 g/mol. The molecule has 0 bridgehead atoms. The molecule has 0 aliphatic carbocycles. The van der Waals surface area contributed by atoms with E-state index in [9.17, 15) is 0 Å². The van der Waals surface area contributed by atoms with Gasteiger partial charge in [0.05, 0.1) is 0 Å². The fraction of sp³-hybridized carbons (Fsp3) is 0.182. The minimum Gasteiger partial charge on any atom is -0.367 e. The first kappa shape index (κ1) is 10.6. The predicted octanol–water partition coefficient (Wildman–Crippen LogP) is 2.14. The summed E-state index contributed by atoms with van der Waals surface area (Å²) >= 11 is 1.50. The maximum absolute atomic E-state index is 8.98. The summed E-state index contributed by atoms with van der Waals surface area (Å²) in [6, 6.07) is 5.90. The van der Waals surface area contributed by atoms with Crippen LogP contribution in [-0.2, 0) is 0 Å². The van der Waals surface area contributed by atoms with E-state index >= 15 is 0 Å². The summed E-state index contributed by atoms with van der Waals surface area (Å²) in [6.07, 6.45) is 3.47. The third kappa shape index (κ3) is 1.88. The summed E-state index contributed by atoms with van der Waals surface area (Å²) in [4.78, 5) is 10.2. The second-order valence-corrected chi connectivity index (χ2v) is 4.40. The molecule has 16 heavy (non-hydrogen) atoms. The summed E-state index contributed by atoms with van der Waals surface area (Å²) in [6.45, 7) is 0. The highest BCUT2D eigenvalue weighted by Crippen LogP contribution is 2.32. The molecular weight excluding hydrogens is 220 g/mol. The Morgan fingerprint density at radius 1 is 1.44 bits per heavy atom. The minimum atomic E-state index is 0.467. The van der Waals surface area contributed by atoms with Gasteiger partial charge in [-0.3, -0.25) is 4.98 Å². The molecule has 0 aliphatic heterocycles. The zero-order valence-electron chi connectivity index (χ0n) is 9.01. The molecule has 0 aromatic carbocycles. The van der Waals surface area contributed by atoms with E-state index in [1.54, 1.807) is 12.4 Å². The number of aromatic nitrogens is 2. The summed E-state index contributed by atoms with van der Waals surface area (Å²) in [7, 11) is 3.81. The van der Waals surface area contributed by atoms with Crippen molar-refractivity contribution >= 4 is 16.3 Å². The Bertz CT molecular complexity index is 525. The van der Waals surface area contributed by atoms with E-state index < -0.39 is 0 Å². The second kappa shape index (κ2) is 4.29. The molecule has 0 N–H and O–H groups in total.